The number of aryl methyl sites for hydroxylation is 1. The number of rotatable bonds is 4. The van der Waals surface area contributed by atoms with Crippen molar-refractivity contribution in [2.45, 2.75) is 25.8 Å². The topological polar surface area (TPSA) is 26.0 Å². The number of nitrogens with two attached hydrogens (primary N) is 1. The van der Waals surface area contributed by atoms with Gasteiger partial charge < -0.3 is 5.73 Å². The summed E-state index contributed by atoms with van der Waals surface area (Å²) < 4.78 is 1.33. The monoisotopic (exact) mass is 287 g/mol. The molecule has 1 unspecified atom stereocenters. The minimum absolute atomic E-state index is 0.0968. The van der Waals surface area contributed by atoms with E-state index in [1.807, 2.05) is 11.3 Å². The predicted molar refractivity (Wildman–Crippen MR) is 86.2 cm³/mol. The summed E-state index contributed by atoms with van der Waals surface area (Å²) in [7, 11) is 0. The van der Waals surface area contributed by atoms with Crippen LogP contribution in [0.1, 0.15) is 28.3 Å². The van der Waals surface area contributed by atoms with Crippen molar-refractivity contribution in [1.82, 2.24) is 0 Å². The first-order chi connectivity index (χ1) is 9.28. The van der Waals surface area contributed by atoms with Crippen molar-refractivity contribution >= 4 is 32.8 Å². The number of hydrogen-bond donors (Lipinski definition) is 1. The van der Waals surface area contributed by atoms with E-state index in [1.54, 1.807) is 11.3 Å². The molecule has 19 heavy (non-hydrogen) atoms. The van der Waals surface area contributed by atoms with Crippen LogP contribution in [0.25, 0.3) is 10.1 Å². The zero-order valence-electron chi connectivity index (χ0n) is 10.9. The molecule has 3 rings (SSSR count). The number of fused-ring (bicyclic) bond motifs is 1. The molecule has 0 aliphatic carbocycles. The fraction of sp³-hybridized carbons (Fsp3) is 0.250. The molecule has 3 heteroatoms. The Morgan fingerprint density at radius 1 is 1.11 bits per heavy atom. The van der Waals surface area contributed by atoms with Crippen LogP contribution in [0, 0.1) is 0 Å². The van der Waals surface area contributed by atoms with Gasteiger partial charge in [0, 0.05) is 26.9 Å². The Morgan fingerprint density at radius 2 is 1.89 bits per heavy atom. The lowest BCUT2D eigenvalue weighted by Crippen LogP contribution is -2.11. The van der Waals surface area contributed by atoms with Crippen LogP contribution < -0.4 is 5.73 Å². The highest BCUT2D eigenvalue weighted by Gasteiger charge is 2.13. The SMILES string of the molecule is CCc1ccc(CC(N)c2csc3ccccc23)s1. The van der Waals surface area contributed by atoms with Gasteiger partial charge in [0.05, 0.1) is 0 Å². The second-order valence-corrected chi connectivity index (χ2v) is 6.88. The highest BCUT2D eigenvalue weighted by molar-refractivity contribution is 7.17. The van der Waals surface area contributed by atoms with Gasteiger partial charge in [0.2, 0.25) is 0 Å². The maximum atomic E-state index is 6.40. The Labute approximate surface area is 121 Å². The van der Waals surface area contributed by atoms with Gasteiger partial charge in [-0.15, -0.1) is 22.7 Å². The largest absolute Gasteiger partial charge is 0.324 e. The zero-order valence-corrected chi connectivity index (χ0v) is 12.6. The van der Waals surface area contributed by atoms with Crippen molar-refractivity contribution in [1.29, 1.82) is 0 Å². The van der Waals surface area contributed by atoms with E-state index in [1.165, 1.54) is 25.4 Å². The molecule has 0 aliphatic rings. The summed E-state index contributed by atoms with van der Waals surface area (Å²) >= 11 is 3.67. The van der Waals surface area contributed by atoms with Crippen molar-refractivity contribution in [3.8, 4) is 0 Å². The third kappa shape index (κ3) is 2.59. The molecule has 0 aliphatic heterocycles. The van der Waals surface area contributed by atoms with Gasteiger partial charge in [0.15, 0.2) is 0 Å². The third-order valence-corrected chi connectivity index (χ3v) is 5.63. The second-order valence-electron chi connectivity index (χ2n) is 4.72. The summed E-state index contributed by atoms with van der Waals surface area (Å²) in [6, 6.07) is 13.0. The lowest BCUT2D eigenvalue weighted by molar-refractivity contribution is 0.739. The molecular formula is C16H17NS2. The van der Waals surface area contributed by atoms with E-state index in [4.69, 9.17) is 5.73 Å². The van der Waals surface area contributed by atoms with Gasteiger partial charge in [-0.25, -0.2) is 0 Å². The molecule has 1 nitrogen and oxygen atoms in total. The van der Waals surface area contributed by atoms with Gasteiger partial charge in [-0.05, 0) is 40.9 Å². The molecule has 1 atom stereocenters. The molecule has 0 spiro atoms. The molecule has 0 saturated heterocycles. The van der Waals surface area contributed by atoms with E-state index in [2.05, 4.69) is 48.7 Å². The number of benzene rings is 1. The minimum atomic E-state index is 0.0968. The molecule has 3 aromatic rings. The Kier molecular flexibility index (Phi) is 3.69. The van der Waals surface area contributed by atoms with Crippen LogP contribution in [0.2, 0.25) is 0 Å². The first kappa shape index (κ1) is 12.9. The van der Waals surface area contributed by atoms with Gasteiger partial charge >= 0.3 is 0 Å². The van der Waals surface area contributed by atoms with Crippen molar-refractivity contribution < 1.29 is 0 Å². The maximum absolute atomic E-state index is 6.40. The minimum Gasteiger partial charge on any atom is -0.324 e. The Bertz CT molecular complexity index is 681. The normalized spacial score (nSPS) is 12.9. The van der Waals surface area contributed by atoms with E-state index in [0.717, 1.165) is 12.8 Å². The highest BCUT2D eigenvalue weighted by atomic mass is 32.1. The molecular weight excluding hydrogens is 270 g/mol. The standard InChI is InChI=1S/C16H17NS2/c1-2-11-7-8-12(19-11)9-15(17)14-10-18-16-6-4-3-5-13(14)16/h3-8,10,15H,2,9,17H2,1H3. The molecule has 0 bridgehead atoms. The van der Waals surface area contributed by atoms with Gasteiger partial charge in [-0.1, -0.05) is 25.1 Å². The molecule has 98 valence electrons. The molecule has 2 aromatic heterocycles. The second kappa shape index (κ2) is 5.45. The number of thiophene rings is 2. The average Bonchev–Trinajstić information content (AvgIpc) is 3.04. The summed E-state index contributed by atoms with van der Waals surface area (Å²) in [5.41, 5.74) is 7.69. The predicted octanol–water partition coefficient (Wildman–Crippen LogP) is 4.77. The van der Waals surface area contributed by atoms with E-state index in [0.29, 0.717) is 0 Å². The Hall–Kier alpha value is -1.16. The highest BCUT2D eigenvalue weighted by Crippen LogP contribution is 2.31. The zero-order chi connectivity index (χ0) is 13.2. The first-order valence-electron chi connectivity index (χ1n) is 6.57. The van der Waals surface area contributed by atoms with Crippen molar-refractivity contribution in [3.63, 3.8) is 0 Å². The Balaban J connectivity index is 1.85. The number of hydrogen-bond acceptors (Lipinski definition) is 3. The molecule has 2 N–H and O–H groups in total. The van der Waals surface area contributed by atoms with Crippen LogP contribution in [0.4, 0.5) is 0 Å². The molecule has 0 amide bonds. The van der Waals surface area contributed by atoms with E-state index in [9.17, 15) is 0 Å². The average molecular weight is 287 g/mol. The summed E-state index contributed by atoms with van der Waals surface area (Å²) in [5, 5.41) is 3.52. The quantitative estimate of drug-likeness (QED) is 0.735. The van der Waals surface area contributed by atoms with Crippen molar-refractivity contribution in [3.05, 3.63) is 57.1 Å². The van der Waals surface area contributed by atoms with E-state index >= 15 is 0 Å². The lowest BCUT2D eigenvalue weighted by atomic mass is 10.0. The summed E-state index contributed by atoms with van der Waals surface area (Å²) in [6.07, 6.45) is 2.05. The first-order valence-corrected chi connectivity index (χ1v) is 8.27. The van der Waals surface area contributed by atoms with Crippen LogP contribution in [0.15, 0.2) is 41.8 Å². The van der Waals surface area contributed by atoms with Crippen LogP contribution in [0.3, 0.4) is 0 Å². The van der Waals surface area contributed by atoms with Gasteiger partial charge in [-0.2, -0.15) is 0 Å². The fourth-order valence-electron chi connectivity index (χ4n) is 2.33. The fourth-order valence-corrected chi connectivity index (χ4v) is 4.38. The van der Waals surface area contributed by atoms with Crippen LogP contribution in [-0.2, 0) is 12.8 Å². The Morgan fingerprint density at radius 3 is 2.68 bits per heavy atom. The lowest BCUT2D eigenvalue weighted by Gasteiger charge is -2.09. The molecule has 2 heterocycles. The van der Waals surface area contributed by atoms with Crippen LogP contribution in [-0.4, -0.2) is 0 Å². The van der Waals surface area contributed by atoms with E-state index in [-0.39, 0.29) is 6.04 Å². The van der Waals surface area contributed by atoms with Crippen molar-refractivity contribution in [2.24, 2.45) is 5.73 Å². The summed E-state index contributed by atoms with van der Waals surface area (Å²) in [5.74, 6) is 0. The van der Waals surface area contributed by atoms with Crippen molar-refractivity contribution in [2.75, 3.05) is 0 Å². The molecule has 0 saturated carbocycles. The third-order valence-electron chi connectivity index (χ3n) is 3.40. The maximum Gasteiger partial charge on any atom is 0.0358 e. The van der Waals surface area contributed by atoms with E-state index < -0.39 is 0 Å². The summed E-state index contributed by atoms with van der Waals surface area (Å²) in [4.78, 5) is 2.83. The van der Waals surface area contributed by atoms with Gasteiger partial charge in [0.25, 0.3) is 0 Å². The summed E-state index contributed by atoms with van der Waals surface area (Å²) in [6.45, 7) is 2.20. The van der Waals surface area contributed by atoms with Gasteiger partial charge in [0.1, 0.15) is 0 Å². The molecule has 0 fully saturated rings. The van der Waals surface area contributed by atoms with Gasteiger partial charge in [-0.3, -0.25) is 0 Å². The molecule has 1 aromatic carbocycles. The molecule has 0 radical (unpaired) electrons. The smallest absolute Gasteiger partial charge is 0.0358 e. The van der Waals surface area contributed by atoms with Crippen LogP contribution in [0.5, 0.6) is 0 Å². The van der Waals surface area contributed by atoms with Crippen LogP contribution >= 0.6 is 22.7 Å².